The second-order valence-electron chi connectivity index (χ2n) is 13.3. The van der Waals surface area contributed by atoms with Crippen LogP contribution in [0.3, 0.4) is 0 Å². The third-order valence-electron chi connectivity index (χ3n) is 9.85. The SMILES string of the molecule is Cc1ccc2c(c1P(c1ccccc1)c1ccccc1)OC1CCCC(C2)Oc2c(ccc(C)c2P(c2ccccc2)c2ccccc2)C1. The van der Waals surface area contributed by atoms with Gasteiger partial charge >= 0.3 is 0 Å². The number of fused-ring (bicyclic) bond motifs is 6. The minimum atomic E-state index is -0.821. The fourth-order valence-electron chi connectivity index (χ4n) is 7.49. The van der Waals surface area contributed by atoms with E-state index >= 15 is 0 Å². The normalized spacial score (nSPS) is 17.1. The topological polar surface area (TPSA) is 18.5 Å². The molecule has 4 heteroatoms. The number of aryl methyl sites for hydroxylation is 2. The van der Waals surface area contributed by atoms with Crippen molar-refractivity contribution in [2.45, 2.75) is 58.2 Å². The van der Waals surface area contributed by atoms with E-state index in [1.807, 2.05) is 0 Å². The first-order chi connectivity index (χ1) is 24.1. The lowest BCUT2D eigenvalue weighted by atomic mass is 10.0. The molecule has 8 rings (SSSR count). The molecule has 0 saturated carbocycles. The van der Waals surface area contributed by atoms with Crippen LogP contribution in [0, 0.1) is 13.8 Å². The minimum absolute atomic E-state index is 0.0529. The van der Waals surface area contributed by atoms with Crippen LogP contribution in [0.5, 0.6) is 11.5 Å². The molecule has 6 aromatic carbocycles. The number of rotatable bonds is 6. The van der Waals surface area contributed by atoms with Crippen molar-refractivity contribution in [1.82, 2.24) is 0 Å². The van der Waals surface area contributed by atoms with Crippen molar-refractivity contribution in [2.24, 2.45) is 0 Å². The van der Waals surface area contributed by atoms with E-state index in [-0.39, 0.29) is 12.2 Å². The molecular formula is C45H42O2P2. The molecule has 0 N–H and O–H groups in total. The van der Waals surface area contributed by atoms with E-state index in [0.717, 1.165) is 43.6 Å². The Kier molecular flexibility index (Phi) is 9.36. The average molecular weight is 677 g/mol. The monoisotopic (exact) mass is 676 g/mol. The Morgan fingerprint density at radius 2 is 0.755 bits per heavy atom. The number of ether oxygens (including phenoxy) is 2. The Morgan fingerprint density at radius 1 is 0.429 bits per heavy atom. The Balaban J connectivity index is 1.27. The van der Waals surface area contributed by atoms with Crippen LogP contribution < -0.4 is 41.3 Å². The van der Waals surface area contributed by atoms with E-state index in [0.29, 0.717) is 0 Å². The van der Waals surface area contributed by atoms with E-state index in [4.69, 9.17) is 9.47 Å². The van der Waals surface area contributed by atoms with Crippen molar-refractivity contribution < 1.29 is 9.47 Å². The maximum absolute atomic E-state index is 7.40. The average Bonchev–Trinajstić information content (AvgIpc) is 3.28. The lowest BCUT2D eigenvalue weighted by Crippen LogP contribution is -2.31. The molecule has 0 fully saturated rings. The summed E-state index contributed by atoms with van der Waals surface area (Å²) in [5.41, 5.74) is 5.12. The molecule has 244 valence electrons. The molecule has 2 aliphatic rings. The summed E-state index contributed by atoms with van der Waals surface area (Å²) in [6.07, 6.45) is 4.85. The van der Waals surface area contributed by atoms with Crippen molar-refractivity contribution in [2.75, 3.05) is 0 Å². The third-order valence-corrected chi connectivity index (χ3v) is 15.1. The van der Waals surface area contributed by atoms with Gasteiger partial charge in [-0.15, -0.1) is 0 Å². The lowest BCUT2D eigenvalue weighted by Gasteiger charge is -2.32. The Labute approximate surface area is 293 Å². The Morgan fingerprint density at radius 3 is 1.08 bits per heavy atom. The highest BCUT2D eigenvalue weighted by Gasteiger charge is 2.33. The summed E-state index contributed by atoms with van der Waals surface area (Å²) in [5.74, 6) is 2.18. The number of hydrogen-bond donors (Lipinski definition) is 0. The summed E-state index contributed by atoms with van der Waals surface area (Å²) < 4.78 is 14.8. The van der Waals surface area contributed by atoms with Crippen molar-refractivity contribution in [3.63, 3.8) is 0 Å². The highest BCUT2D eigenvalue weighted by atomic mass is 31.1. The van der Waals surface area contributed by atoms with Gasteiger partial charge < -0.3 is 9.47 Å². The zero-order valence-electron chi connectivity index (χ0n) is 28.3. The van der Waals surface area contributed by atoms with Gasteiger partial charge in [-0.05, 0) is 92.4 Å². The molecule has 0 radical (unpaired) electrons. The molecule has 0 aromatic heterocycles. The molecule has 2 atom stereocenters. The maximum atomic E-state index is 7.40. The smallest absolute Gasteiger partial charge is 0.131 e. The van der Waals surface area contributed by atoms with E-state index in [2.05, 4.69) is 159 Å². The molecule has 2 heterocycles. The van der Waals surface area contributed by atoms with Crippen molar-refractivity contribution in [3.8, 4) is 11.5 Å². The van der Waals surface area contributed by atoms with Crippen LogP contribution >= 0.6 is 15.8 Å². The van der Waals surface area contributed by atoms with Gasteiger partial charge in [0.2, 0.25) is 0 Å². The minimum Gasteiger partial charge on any atom is -0.489 e. The zero-order chi connectivity index (χ0) is 33.2. The summed E-state index contributed by atoms with van der Waals surface area (Å²) in [4.78, 5) is 0. The van der Waals surface area contributed by atoms with Gasteiger partial charge in [0.05, 0.1) is 0 Å². The largest absolute Gasteiger partial charge is 0.489 e. The summed E-state index contributed by atoms with van der Waals surface area (Å²) >= 11 is 0. The highest BCUT2D eigenvalue weighted by Crippen LogP contribution is 2.44. The Hall–Kier alpha value is -4.22. The second-order valence-corrected chi connectivity index (χ2v) is 17.6. The number of hydrogen-bond acceptors (Lipinski definition) is 2. The van der Waals surface area contributed by atoms with E-state index in [1.54, 1.807) is 0 Å². The molecule has 2 aliphatic heterocycles. The summed E-state index contributed by atoms with van der Waals surface area (Å²) in [7, 11) is -1.64. The lowest BCUT2D eigenvalue weighted by molar-refractivity contribution is 0.189. The molecule has 0 spiro atoms. The van der Waals surface area contributed by atoms with Gasteiger partial charge in [0.1, 0.15) is 23.7 Å². The predicted molar refractivity (Wildman–Crippen MR) is 210 cm³/mol. The summed E-state index contributed by atoms with van der Waals surface area (Å²) in [6, 6.07) is 53.4. The predicted octanol–water partition coefficient (Wildman–Crippen LogP) is 8.30. The first kappa shape index (κ1) is 32.0. The van der Waals surface area contributed by atoms with Gasteiger partial charge in [-0.1, -0.05) is 146 Å². The van der Waals surface area contributed by atoms with Gasteiger partial charge in [-0.25, -0.2) is 0 Å². The maximum Gasteiger partial charge on any atom is 0.131 e. The van der Waals surface area contributed by atoms with Gasteiger partial charge in [-0.3, -0.25) is 0 Å². The first-order valence-electron chi connectivity index (χ1n) is 17.5. The van der Waals surface area contributed by atoms with E-state index < -0.39 is 15.8 Å². The molecule has 6 aromatic rings. The van der Waals surface area contributed by atoms with Crippen LogP contribution in [0.1, 0.15) is 41.5 Å². The molecule has 2 nitrogen and oxygen atoms in total. The van der Waals surface area contributed by atoms with Gasteiger partial charge in [0, 0.05) is 23.5 Å². The van der Waals surface area contributed by atoms with Crippen LogP contribution in [0.15, 0.2) is 146 Å². The van der Waals surface area contributed by atoms with Gasteiger partial charge in [0.25, 0.3) is 0 Å². The van der Waals surface area contributed by atoms with E-state index in [1.165, 1.54) is 54.1 Å². The first-order valence-corrected chi connectivity index (χ1v) is 20.2. The van der Waals surface area contributed by atoms with Crippen LogP contribution in [0.4, 0.5) is 0 Å². The highest BCUT2D eigenvalue weighted by molar-refractivity contribution is 7.80. The van der Waals surface area contributed by atoms with Crippen LogP contribution in [-0.4, -0.2) is 12.2 Å². The molecule has 0 amide bonds. The quantitative estimate of drug-likeness (QED) is 0.165. The standard InChI is InChI=1S/C45H42O2P2/c1-32-26-28-34-30-37-17-15-16-36(46-42(34)44(32)48(38-18-7-3-8-19-38)39-20-9-4-10-21-39)31-35-29-27-33(2)45(43(35)47-37)49(40-22-11-5-12-23-40)41-24-13-6-14-25-41/h3-14,18-29,36-37H,15-17,30-31H2,1-2H3. The Bertz CT molecular complexity index is 1800. The molecule has 0 saturated heterocycles. The molecule has 2 unspecified atom stereocenters. The molecule has 49 heavy (non-hydrogen) atoms. The fraction of sp³-hybridized carbons (Fsp3) is 0.200. The van der Waals surface area contributed by atoms with E-state index in [9.17, 15) is 0 Å². The molecule has 0 aliphatic carbocycles. The molecular weight excluding hydrogens is 634 g/mol. The van der Waals surface area contributed by atoms with Gasteiger partial charge in [-0.2, -0.15) is 0 Å². The summed E-state index contributed by atoms with van der Waals surface area (Å²) in [5, 5.41) is 8.08. The molecule has 2 bridgehead atoms. The number of benzene rings is 6. The zero-order valence-corrected chi connectivity index (χ0v) is 30.0. The third kappa shape index (κ3) is 6.58. The van der Waals surface area contributed by atoms with Crippen LogP contribution in [-0.2, 0) is 12.8 Å². The second kappa shape index (κ2) is 14.3. The van der Waals surface area contributed by atoms with Crippen molar-refractivity contribution in [3.05, 3.63) is 168 Å². The van der Waals surface area contributed by atoms with Crippen molar-refractivity contribution in [1.29, 1.82) is 0 Å². The van der Waals surface area contributed by atoms with Crippen molar-refractivity contribution >= 4 is 47.7 Å². The van der Waals surface area contributed by atoms with Crippen LogP contribution in [0.2, 0.25) is 0 Å². The van der Waals surface area contributed by atoms with Crippen LogP contribution in [0.25, 0.3) is 0 Å². The summed E-state index contributed by atoms with van der Waals surface area (Å²) in [6.45, 7) is 4.53. The fourth-order valence-corrected chi connectivity index (χ4v) is 12.7. The van der Waals surface area contributed by atoms with Gasteiger partial charge in [0.15, 0.2) is 0 Å².